The van der Waals surface area contributed by atoms with Gasteiger partial charge in [0.05, 0.1) is 11.2 Å². The van der Waals surface area contributed by atoms with Gasteiger partial charge in [-0.05, 0) is 88.4 Å². The fraction of sp³-hybridized carbons (Fsp3) is 0.385. The monoisotopic (exact) mass is 477 g/mol. The molecule has 1 N–H and O–H groups in total. The molecule has 0 spiro atoms. The second kappa shape index (κ2) is 10.9. The van der Waals surface area contributed by atoms with Gasteiger partial charge in [0.25, 0.3) is 0 Å². The summed E-state index contributed by atoms with van der Waals surface area (Å²) in [5, 5.41) is 3.96. The van der Waals surface area contributed by atoms with Crippen molar-refractivity contribution in [2.24, 2.45) is 0 Å². The molecule has 8 heteroatoms. The van der Waals surface area contributed by atoms with Crippen LogP contribution in [0.25, 0.3) is 10.9 Å². The molecule has 0 radical (unpaired) electrons. The highest BCUT2D eigenvalue weighted by Gasteiger charge is 2.22. The number of nitrogens with zero attached hydrogens (tertiary/aromatic N) is 4. The molecule has 3 aromatic rings. The average Bonchev–Trinajstić information content (AvgIpc) is 2.84. The van der Waals surface area contributed by atoms with E-state index in [0.717, 1.165) is 59.7 Å². The molecule has 7 nitrogen and oxygen atoms in total. The van der Waals surface area contributed by atoms with Crippen LogP contribution in [0.1, 0.15) is 30.5 Å². The Bertz CT molecular complexity index is 1160. The molecule has 34 heavy (non-hydrogen) atoms. The quantitative estimate of drug-likeness (QED) is 0.483. The Labute approximate surface area is 206 Å². The number of benzene rings is 2. The van der Waals surface area contributed by atoms with Crippen molar-refractivity contribution in [3.8, 4) is 5.75 Å². The number of amides is 1. The lowest BCUT2D eigenvalue weighted by molar-refractivity contribution is -0.116. The Morgan fingerprint density at radius 2 is 1.91 bits per heavy atom. The number of fused-ring (bicyclic) bond motifs is 1. The molecule has 0 bridgehead atoms. The fourth-order valence-corrected chi connectivity index (χ4v) is 4.45. The van der Waals surface area contributed by atoms with Crippen LogP contribution in [-0.2, 0) is 11.2 Å². The molecule has 0 saturated carbocycles. The first kappa shape index (κ1) is 24.0. The van der Waals surface area contributed by atoms with Crippen LogP contribution in [0.2, 0.25) is 0 Å². The number of hydrogen-bond donors (Lipinski definition) is 1. The molecule has 4 rings (SSSR count). The number of hydrogen-bond acceptors (Lipinski definition) is 7. The summed E-state index contributed by atoms with van der Waals surface area (Å²) in [6.07, 6.45) is 3.27. The van der Waals surface area contributed by atoms with E-state index in [2.05, 4.69) is 41.4 Å². The zero-order chi connectivity index (χ0) is 24.1. The lowest BCUT2D eigenvalue weighted by atomic mass is 10.0. The van der Waals surface area contributed by atoms with Crippen molar-refractivity contribution in [3.05, 3.63) is 53.7 Å². The molecule has 2 heterocycles. The summed E-state index contributed by atoms with van der Waals surface area (Å²) in [6, 6.07) is 14.0. The van der Waals surface area contributed by atoms with Gasteiger partial charge in [-0.3, -0.25) is 4.79 Å². The predicted octanol–water partition coefficient (Wildman–Crippen LogP) is 4.38. The van der Waals surface area contributed by atoms with E-state index in [-0.39, 0.29) is 5.91 Å². The first-order valence-corrected chi connectivity index (χ1v) is 12.1. The zero-order valence-electron chi connectivity index (χ0n) is 20.0. The summed E-state index contributed by atoms with van der Waals surface area (Å²) in [5.74, 6) is 1.46. The Hall–Kier alpha value is -3.10. The molecular weight excluding hydrogens is 446 g/mol. The Balaban J connectivity index is 1.38. The summed E-state index contributed by atoms with van der Waals surface area (Å²) in [5.41, 5.74) is 4.87. The van der Waals surface area contributed by atoms with Crippen LogP contribution in [0.15, 0.2) is 42.5 Å². The average molecular weight is 478 g/mol. The Morgan fingerprint density at radius 3 is 2.59 bits per heavy atom. The number of aryl methyl sites for hydroxylation is 2. The molecule has 0 unspecified atom stereocenters. The molecule has 0 atom stereocenters. The van der Waals surface area contributed by atoms with Crippen LogP contribution in [0.3, 0.4) is 0 Å². The number of nitrogens with one attached hydrogen (secondary N) is 1. The highest BCUT2D eigenvalue weighted by molar-refractivity contribution is 7.78. The van der Waals surface area contributed by atoms with Gasteiger partial charge in [-0.2, -0.15) is 0 Å². The summed E-state index contributed by atoms with van der Waals surface area (Å²) >= 11 is 4.69. The SMILES string of the molecule is Cc1nc(N2CCC(N(C)C)CC2)nc2ccc(NC(=O)CCc3ccc(OC=S)cc3)cc12. The molecule has 1 amide bonds. The van der Waals surface area contributed by atoms with Gasteiger partial charge in [0.2, 0.25) is 11.9 Å². The molecular formula is C26H31N5O2S. The number of piperidine rings is 1. The summed E-state index contributed by atoms with van der Waals surface area (Å²) in [7, 11) is 4.28. The van der Waals surface area contributed by atoms with Gasteiger partial charge in [-0.15, -0.1) is 0 Å². The van der Waals surface area contributed by atoms with Crippen LogP contribution >= 0.6 is 12.2 Å². The molecule has 1 saturated heterocycles. The Morgan fingerprint density at radius 1 is 1.18 bits per heavy atom. The Kier molecular flexibility index (Phi) is 7.70. The van der Waals surface area contributed by atoms with Crippen molar-refractivity contribution in [2.45, 2.75) is 38.6 Å². The van der Waals surface area contributed by atoms with E-state index in [1.54, 1.807) is 0 Å². The minimum absolute atomic E-state index is 0.0301. The van der Waals surface area contributed by atoms with E-state index >= 15 is 0 Å². The second-order valence-electron chi connectivity index (χ2n) is 8.93. The summed E-state index contributed by atoms with van der Waals surface area (Å²) in [4.78, 5) is 26.7. The maximum Gasteiger partial charge on any atom is 0.226 e. The van der Waals surface area contributed by atoms with E-state index in [1.165, 1.54) is 5.55 Å². The molecule has 1 fully saturated rings. The van der Waals surface area contributed by atoms with Gasteiger partial charge in [0.1, 0.15) is 5.75 Å². The lowest BCUT2D eigenvalue weighted by Gasteiger charge is -2.35. The molecule has 1 aromatic heterocycles. The standard InChI is InChI=1S/C26H31N5O2S/c1-18-23-16-20(28-25(32)11-6-19-4-8-22(9-5-19)33-17-34)7-10-24(23)29-26(27-18)31-14-12-21(13-15-31)30(2)3/h4-5,7-10,16-17,21H,6,11-15H2,1-3H3,(H,28,32). The molecule has 178 valence electrons. The predicted molar refractivity (Wildman–Crippen MR) is 141 cm³/mol. The normalized spacial score (nSPS) is 14.4. The van der Waals surface area contributed by atoms with Gasteiger partial charge < -0.3 is 19.9 Å². The van der Waals surface area contributed by atoms with Crippen molar-refractivity contribution in [1.82, 2.24) is 14.9 Å². The number of carbonyl (C=O) groups excluding carboxylic acids is 1. The van der Waals surface area contributed by atoms with Gasteiger partial charge in [-0.25, -0.2) is 9.97 Å². The highest BCUT2D eigenvalue weighted by atomic mass is 32.1. The van der Waals surface area contributed by atoms with Crippen LogP contribution in [0.4, 0.5) is 11.6 Å². The molecule has 1 aliphatic rings. The topological polar surface area (TPSA) is 70.6 Å². The van der Waals surface area contributed by atoms with Crippen LogP contribution in [0.5, 0.6) is 5.75 Å². The fourth-order valence-electron chi connectivity index (χ4n) is 4.34. The highest BCUT2D eigenvalue weighted by Crippen LogP contribution is 2.25. The first-order chi connectivity index (χ1) is 16.4. The molecule has 1 aliphatic heterocycles. The summed E-state index contributed by atoms with van der Waals surface area (Å²) < 4.78 is 5.16. The number of rotatable bonds is 8. The van der Waals surface area contributed by atoms with Crippen molar-refractivity contribution in [3.63, 3.8) is 0 Å². The lowest BCUT2D eigenvalue weighted by Crippen LogP contribution is -2.42. The van der Waals surface area contributed by atoms with E-state index < -0.39 is 0 Å². The van der Waals surface area contributed by atoms with Crippen molar-refractivity contribution in [1.29, 1.82) is 0 Å². The largest absolute Gasteiger partial charge is 0.454 e. The van der Waals surface area contributed by atoms with E-state index in [9.17, 15) is 4.79 Å². The number of aromatic nitrogens is 2. The van der Waals surface area contributed by atoms with Crippen molar-refractivity contribution in [2.75, 3.05) is 37.4 Å². The minimum Gasteiger partial charge on any atom is -0.454 e. The zero-order valence-corrected chi connectivity index (χ0v) is 20.8. The maximum absolute atomic E-state index is 12.5. The van der Waals surface area contributed by atoms with Gasteiger partial charge in [0, 0.05) is 36.6 Å². The third-order valence-corrected chi connectivity index (χ3v) is 6.48. The second-order valence-corrected chi connectivity index (χ2v) is 9.12. The summed E-state index contributed by atoms with van der Waals surface area (Å²) in [6.45, 7) is 3.93. The van der Waals surface area contributed by atoms with E-state index in [4.69, 9.17) is 14.7 Å². The van der Waals surface area contributed by atoms with Crippen LogP contribution in [-0.4, -0.2) is 59.6 Å². The van der Waals surface area contributed by atoms with Crippen molar-refractivity contribution >= 4 is 46.2 Å². The minimum atomic E-state index is -0.0301. The third kappa shape index (κ3) is 5.87. The smallest absolute Gasteiger partial charge is 0.226 e. The number of thiocarbonyl (C=S) groups is 1. The third-order valence-electron chi connectivity index (χ3n) is 6.38. The molecule has 2 aromatic carbocycles. The van der Waals surface area contributed by atoms with Crippen molar-refractivity contribution < 1.29 is 9.53 Å². The van der Waals surface area contributed by atoms with E-state index in [1.807, 2.05) is 49.4 Å². The van der Waals surface area contributed by atoms with Crippen LogP contribution in [0, 0.1) is 6.92 Å². The molecule has 0 aliphatic carbocycles. The van der Waals surface area contributed by atoms with E-state index in [0.29, 0.717) is 24.6 Å². The first-order valence-electron chi connectivity index (χ1n) is 11.6. The van der Waals surface area contributed by atoms with Crippen LogP contribution < -0.4 is 15.0 Å². The number of ether oxygens (including phenoxy) is 1. The van der Waals surface area contributed by atoms with Gasteiger partial charge >= 0.3 is 0 Å². The van der Waals surface area contributed by atoms with Gasteiger partial charge in [0.15, 0.2) is 5.55 Å². The maximum atomic E-state index is 12.5. The van der Waals surface area contributed by atoms with Gasteiger partial charge in [-0.1, -0.05) is 12.1 Å². The number of anilines is 2. The number of carbonyl (C=O) groups is 1.